The van der Waals surface area contributed by atoms with Gasteiger partial charge in [-0.15, -0.1) is 0 Å². The van der Waals surface area contributed by atoms with Gasteiger partial charge in [-0.1, -0.05) is 0 Å². The molecule has 152 valence electrons. The predicted molar refractivity (Wildman–Crippen MR) is 96.9 cm³/mol. The van der Waals surface area contributed by atoms with Gasteiger partial charge in [0, 0.05) is 40.1 Å². The molecule has 1 aliphatic rings. The summed E-state index contributed by atoms with van der Waals surface area (Å²) in [5.41, 5.74) is -0.872. The summed E-state index contributed by atoms with van der Waals surface area (Å²) < 4.78 is 49.3. The average molecular weight is 388 g/mol. The van der Waals surface area contributed by atoms with Gasteiger partial charge in [-0.25, -0.2) is 4.98 Å². The first kappa shape index (κ1) is 21.3. The van der Waals surface area contributed by atoms with Crippen LogP contribution in [0.4, 0.5) is 13.2 Å². The van der Waals surface area contributed by atoms with E-state index in [2.05, 4.69) is 15.3 Å². The lowest BCUT2D eigenvalue weighted by Gasteiger charge is -2.26. The highest BCUT2D eigenvalue weighted by atomic mass is 19.4. The molecular formula is C18H27F3N4O2. The van der Waals surface area contributed by atoms with Crippen molar-refractivity contribution in [1.82, 2.24) is 15.2 Å². The Balaban J connectivity index is 1.75. The van der Waals surface area contributed by atoms with Gasteiger partial charge < -0.3 is 19.7 Å². The van der Waals surface area contributed by atoms with E-state index in [1.165, 1.54) is 12.3 Å². The van der Waals surface area contributed by atoms with Gasteiger partial charge in [0.2, 0.25) is 5.88 Å². The van der Waals surface area contributed by atoms with Gasteiger partial charge in [0.25, 0.3) is 0 Å². The smallest absolute Gasteiger partial charge is 0.421 e. The second kappa shape index (κ2) is 10.3. The van der Waals surface area contributed by atoms with Crippen LogP contribution in [0.3, 0.4) is 0 Å². The molecule has 1 aromatic rings. The number of hydrogen-bond acceptors (Lipinski definition) is 4. The molecule has 0 atom stereocenters. The lowest BCUT2D eigenvalue weighted by Crippen LogP contribution is -2.41. The van der Waals surface area contributed by atoms with Crippen LogP contribution in [-0.2, 0) is 10.9 Å². The van der Waals surface area contributed by atoms with E-state index in [0.29, 0.717) is 18.4 Å². The van der Waals surface area contributed by atoms with Crippen LogP contribution in [0.1, 0.15) is 24.8 Å². The molecule has 1 fully saturated rings. The fourth-order valence-corrected chi connectivity index (χ4v) is 2.93. The van der Waals surface area contributed by atoms with Crippen LogP contribution < -0.4 is 10.1 Å². The normalized spacial score (nSPS) is 16.3. The number of alkyl halides is 3. The molecule has 27 heavy (non-hydrogen) atoms. The van der Waals surface area contributed by atoms with Crippen molar-refractivity contribution in [2.45, 2.75) is 25.4 Å². The number of nitrogens with zero attached hydrogens (tertiary/aromatic N) is 3. The van der Waals surface area contributed by atoms with Gasteiger partial charge in [-0.3, -0.25) is 4.99 Å². The van der Waals surface area contributed by atoms with Gasteiger partial charge >= 0.3 is 6.18 Å². The van der Waals surface area contributed by atoms with Crippen molar-refractivity contribution in [1.29, 1.82) is 0 Å². The lowest BCUT2D eigenvalue weighted by molar-refractivity contribution is -0.139. The number of guanidine groups is 1. The van der Waals surface area contributed by atoms with Gasteiger partial charge in [-0.2, -0.15) is 13.2 Å². The molecule has 1 aromatic heterocycles. The number of pyridine rings is 1. The maximum Gasteiger partial charge on any atom is 0.421 e. The molecule has 1 aliphatic heterocycles. The first-order chi connectivity index (χ1) is 12.9. The van der Waals surface area contributed by atoms with Crippen molar-refractivity contribution in [2.75, 3.05) is 47.0 Å². The Morgan fingerprint density at radius 1 is 1.41 bits per heavy atom. The number of aromatic nitrogens is 1. The maximum atomic E-state index is 12.9. The molecule has 0 radical (unpaired) electrons. The summed E-state index contributed by atoms with van der Waals surface area (Å²) >= 11 is 0. The molecule has 2 rings (SSSR count). The van der Waals surface area contributed by atoms with Crippen molar-refractivity contribution in [3.63, 3.8) is 0 Å². The molecule has 1 saturated heterocycles. The quantitative estimate of drug-likeness (QED) is 0.442. The van der Waals surface area contributed by atoms with Gasteiger partial charge in [0.05, 0.1) is 6.54 Å². The highest BCUT2D eigenvalue weighted by Crippen LogP contribution is 2.34. The minimum Gasteiger partial charge on any atom is -0.475 e. The van der Waals surface area contributed by atoms with Crippen molar-refractivity contribution < 1.29 is 22.6 Å². The molecule has 2 heterocycles. The van der Waals surface area contributed by atoms with Crippen LogP contribution in [0.25, 0.3) is 0 Å². The molecule has 6 nitrogen and oxygen atoms in total. The molecule has 0 aliphatic carbocycles. The second-order valence-electron chi connectivity index (χ2n) is 6.44. The van der Waals surface area contributed by atoms with Crippen molar-refractivity contribution >= 4 is 5.96 Å². The number of aliphatic imine (C=N–C) groups is 1. The van der Waals surface area contributed by atoms with E-state index in [0.717, 1.165) is 45.1 Å². The Morgan fingerprint density at radius 2 is 2.15 bits per heavy atom. The highest BCUT2D eigenvalue weighted by Gasteiger charge is 2.35. The topological polar surface area (TPSA) is 59.0 Å². The number of halogens is 3. The number of nitrogens with one attached hydrogen (secondary N) is 1. The summed E-state index contributed by atoms with van der Waals surface area (Å²) in [6.07, 6.45) is 0.0109. The van der Waals surface area contributed by atoms with Crippen LogP contribution in [0.5, 0.6) is 5.88 Å². The zero-order valence-electron chi connectivity index (χ0n) is 15.8. The Morgan fingerprint density at radius 3 is 2.81 bits per heavy atom. The van der Waals surface area contributed by atoms with E-state index < -0.39 is 17.6 Å². The van der Waals surface area contributed by atoms with Crippen LogP contribution in [-0.4, -0.2) is 62.8 Å². The summed E-state index contributed by atoms with van der Waals surface area (Å²) in [7, 11) is 3.62. The third-order valence-corrected chi connectivity index (χ3v) is 4.49. The van der Waals surface area contributed by atoms with E-state index in [-0.39, 0.29) is 6.61 Å². The Bertz CT molecular complexity index is 605. The van der Waals surface area contributed by atoms with Crippen LogP contribution in [0.2, 0.25) is 0 Å². The number of rotatable bonds is 7. The van der Waals surface area contributed by atoms with E-state index in [1.807, 2.05) is 11.9 Å². The van der Waals surface area contributed by atoms with Crippen LogP contribution >= 0.6 is 0 Å². The zero-order chi connectivity index (χ0) is 19.7. The maximum absolute atomic E-state index is 12.9. The van der Waals surface area contributed by atoms with Gasteiger partial charge in [0.15, 0.2) is 5.96 Å². The first-order valence-electron chi connectivity index (χ1n) is 9.06. The van der Waals surface area contributed by atoms with Crippen LogP contribution in [0.15, 0.2) is 23.3 Å². The molecule has 9 heteroatoms. The molecular weight excluding hydrogens is 361 g/mol. The second-order valence-corrected chi connectivity index (χ2v) is 6.44. The highest BCUT2D eigenvalue weighted by molar-refractivity contribution is 5.79. The Kier molecular flexibility index (Phi) is 8.15. The lowest BCUT2D eigenvalue weighted by atomic mass is 9.96. The minimum absolute atomic E-state index is 0.0485. The molecule has 0 bridgehead atoms. The van der Waals surface area contributed by atoms with E-state index in [4.69, 9.17) is 9.47 Å². The summed E-state index contributed by atoms with van der Waals surface area (Å²) in [5, 5.41) is 3.10. The monoisotopic (exact) mass is 388 g/mol. The SMILES string of the molecule is CN=C(NCCOc1ncccc1C(F)(F)F)N(C)CCC1CCOCC1. The largest absolute Gasteiger partial charge is 0.475 e. The summed E-state index contributed by atoms with van der Waals surface area (Å²) in [6, 6.07) is 2.20. The Hall–Kier alpha value is -2.03. The fraction of sp³-hybridized carbons (Fsp3) is 0.667. The predicted octanol–water partition coefficient (Wildman–Crippen LogP) is 2.80. The molecule has 0 amide bonds. The van der Waals surface area contributed by atoms with Gasteiger partial charge in [-0.05, 0) is 37.3 Å². The van der Waals surface area contributed by atoms with E-state index in [9.17, 15) is 13.2 Å². The standard InChI is InChI=1S/C18H27F3N4O2/c1-22-17(25(2)10-5-14-6-11-26-12-7-14)24-9-13-27-16-15(18(19,20)21)4-3-8-23-16/h3-4,8,14H,5-7,9-13H2,1-2H3,(H,22,24). The molecule has 0 saturated carbocycles. The third kappa shape index (κ3) is 6.89. The number of hydrogen-bond donors (Lipinski definition) is 1. The molecule has 0 unspecified atom stereocenters. The van der Waals surface area contributed by atoms with Gasteiger partial charge in [0.1, 0.15) is 12.2 Å². The van der Waals surface area contributed by atoms with E-state index >= 15 is 0 Å². The van der Waals surface area contributed by atoms with Crippen molar-refractivity contribution in [3.8, 4) is 5.88 Å². The first-order valence-corrected chi connectivity index (χ1v) is 9.06. The third-order valence-electron chi connectivity index (χ3n) is 4.49. The zero-order valence-corrected chi connectivity index (χ0v) is 15.8. The minimum atomic E-state index is -4.49. The van der Waals surface area contributed by atoms with E-state index in [1.54, 1.807) is 7.05 Å². The average Bonchev–Trinajstić information content (AvgIpc) is 2.66. The summed E-state index contributed by atoms with van der Waals surface area (Å²) in [5.74, 6) is 0.935. The Labute approximate surface area is 157 Å². The summed E-state index contributed by atoms with van der Waals surface area (Å²) in [6.45, 7) is 2.87. The van der Waals surface area contributed by atoms with Crippen LogP contribution in [0, 0.1) is 5.92 Å². The molecule has 0 spiro atoms. The summed E-state index contributed by atoms with van der Waals surface area (Å²) in [4.78, 5) is 9.90. The molecule has 1 N–H and O–H groups in total. The molecule has 0 aromatic carbocycles. The van der Waals surface area contributed by atoms with Crippen molar-refractivity contribution in [2.24, 2.45) is 10.9 Å². The number of ether oxygens (including phenoxy) is 2. The fourth-order valence-electron chi connectivity index (χ4n) is 2.93. The van der Waals surface area contributed by atoms with Crippen molar-refractivity contribution in [3.05, 3.63) is 23.9 Å².